The van der Waals surface area contributed by atoms with Gasteiger partial charge in [0.15, 0.2) is 11.5 Å². The molecule has 8 nitrogen and oxygen atoms in total. The summed E-state index contributed by atoms with van der Waals surface area (Å²) in [5.74, 6) is -0.492. The van der Waals surface area contributed by atoms with Crippen molar-refractivity contribution >= 4 is 27.8 Å². The molecule has 0 spiro atoms. The van der Waals surface area contributed by atoms with E-state index >= 15 is 0 Å². The molecule has 0 atom stereocenters. The highest BCUT2D eigenvalue weighted by atomic mass is 16.5. The van der Waals surface area contributed by atoms with Crippen molar-refractivity contribution in [2.75, 3.05) is 7.11 Å². The van der Waals surface area contributed by atoms with E-state index in [4.69, 9.17) is 4.74 Å². The fraction of sp³-hybridized carbons (Fsp3) is 0.0571. The lowest BCUT2D eigenvalue weighted by Crippen LogP contribution is -2.39. The molecule has 5 aromatic carbocycles. The third kappa shape index (κ3) is 4.36. The smallest absolute Gasteiger partial charge is 0.352 e. The Balaban J connectivity index is 1.63. The molecule has 0 saturated carbocycles. The van der Waals surface area contributed by atoms with E-state index in [0.717, 1.165) is 32.0 Å². The molecule has 0 N–H and O–H groups in total. The highest BCUT2D eigenvalue weighted by Gasteiger charge is 2.26. The zero-order valence-corrected chi connectivity index (χ0v) is 23.1. The minimum Gasteiger partial charge on any atom is -0.465 e. The number of aromatic nitrogens is 4. The average Bonchev–Trinajstić information content (AvgIpc) is 3.05. The molecule has 208 valence electrons. The molecular formula is C35H24N4O4. The van der Waals surface area contributed by atoms with Crippen LogP contribution in [-0.2, 0) is 11.3 Å². The standard InChI is InChI=1S/C35H24N4O4/c1-43-34(41)26-18-10-20-28-30(26)36-31-32(37-35(42)38(33(31)40)21-22-11-4-2-5-12-22)39(28)27-19-9-16-24-15-8-17-25(29(24)27)23-13-6-3-7-14-23/h2-20H,21H2,1H3. The van der Waals surface area contributed by atoms with E-state index in [0.29, 0.717) is 11.2 Å². The maximum absolute atomic E-state index is 14.0. The number of hydrogen-bond donors (Lipinski definition) is 0. The first-order valence-corrected chi connectivity index (χ1v) is 13.7. The predicted octanol–water partition coefficient (Wildman–Crippen LogP) is 5.70. The molecule has 0 fully saturated rings. The molecule has 0 aliphatic carbocycles. The van der Waals surface area contributed by atoms with Crippen molar-refractivity contribution in [1.29, 1.82) is 0 Å². The number of esters is 1. The van der Waals surface area contributed by atoms with Gasteiger partial charge in [0.2, 0.25) is 0 Å². The van der Waals surface area contributed by atoms with Gasteiger partial charge in [-0.3, -0.25) is 13.9 Å². The SMILES string of the molecule is COC(=O)c1cccc2c1nc1c(=O)n(Cc3ccccc3)c(=O)nc-1n2-c1cccc2cccc(-c3ccccc3)c12. The summed E-state index contributed by atoms with van der Waals surface area (Å²) in [5.41, 5.74) is 3.05. The number of fused-ring (bicyclic) bond motifs is 3. The summed E-state index contributed by atoms with van der Waals surface area (Å²) in [4.78, 5) is 49.5. The van der Waals surface area contributed by atoms with Gasteiger partial charge < -0.3 is 4.74 Å². The normalized spacial score (nSPS) is 11.3. The van der Waals surface area contributed by atoms with Crippen molar-refractivity contribution in [2.24, 2.45) is 0 Å². The summed E-state index contributed by atoms with van der Waals surface area (Å²) in [5, 5.41) is 1.84. The summed E-state index contributed by atoms with van der Waals surface area (Å²) in [6.45, 7) is 0.0340. The predicted molar refractivity (Wildman–Crippen MR) is 166 cm³/mol. The van der Waals surface area contributed by atoms with E-state index in [-0.39, 0.29) is 29.1 Å². The lowest BCUT2D eigenvalue weighted by molar-refractivity contribution is 0.0602. The van der Waals surface area contributed by atoms with Crippen LogP contribution in [0.2, 0.25) is 0 Å². The Kier molecular flexibility index (Phi) is 6.36. The van der Waals surface area contributed by atoms with Gasteiger partial charge in [0.05, 0.1) is 30.4 Å². The van der Waals surface area contributed by atoms with Crippen LogP contribution in [0.25, 0.3) is 50.1 Å². The second kappa shape index (κ2) is 10.5. The Morgan fingerprint density at radius 1 is 0.767 bits per heavy atom. The number of carbonyl (C=O) groups is 1. The fourth-order valence-corrected chi connectivity index (χ4v) is 5.61. The van der Waals surface area contributed by atoms with E-state index in [9.17, 15) is 14.4 Å². The quantitative estimate of drug-likeness (QED) is 0.197. The maximum Gasteiger partial charge on any atom is 0.352 e. The number of hydrogen-bond acceptors (Lipinski definition) is 6. The van der Waals surface area contributed by atoms with Crippen molar-refractivity contribution in [1.82, 2.24) is 19.1 Å². The van der Waals surface area contributed by atoms with Crippen molar-refractivity contribution in [3.63, 3.8) is 0 Å². The second-order valence-electron chi connectivity index (χ2n) is 10.1. The van der Waals surface area contributed by atoms with E-state index in [1.54, 1.807) is 22.8 Å². The van der Waals surface area contributed by atoms with Gasteiger partial charge in [-0.15, -0.1) is 0 Å². The Bertz CT molecular complexity index is 2250. The number of nitrogens with zero attached hydrogens (tertiary/aromatic N) is 4. The molecule has 7 rings (SSSR count). The van der Waals surface area contributed by atoms with E-state index in [1.807, 2.05) is 97.1 Å². The van der Waals surface area contributed by atoms with Crippen molar-refractivity contribution in [3.05, 3.63) is 147 Å². The van der Waals surface area contributed by atoms with E-state index in [2.05, 4.69) is 9.97 Å². The maximum atomic E-state index is 14.0. The Hall–Kier alpha value is -5.89. The molecule has 0 saturated heterocycles. The number of benzene rings is 5. The largest absolute Gasteiger partial charge is 0.465 e. The summed E-state index contributed by atoms with van der Waals surface area (Å²) in [6.07, 6.45) is 0. The summed E-state index contributed by atoms with van der Waals surface area (Å²) >= 11 is 0. The van der Waals surface area contributed by atoms with E-state index in [1.165, 1.54) is 7.11 Å². The summed E-state index contributed by atoms with van der Waals surface area (Å²) < 4.78 is 7.89. The Labute approximate surface area is 245 Å². The van der Waals surface area contributed by atoms with Gasteiger partial charge in [0.25, 0.3) is 5.56 Å². The van der Waals surface area contributed by atoms with Crippen LogP contribution in [0.1, 0.15) is 15.9 Å². The van der Waals surface area contributed by atoms with Gasteiger partial charge in [-0.2, -0.15) is 4.98 Å². The Morgan fingerprint density at radius 2 is 1.47 bits per heavy atom. The van der Waals surface area contributed by atoms with Crippen LogP contribution in [-0.4, -0.2) is 32.2 Å². The highest BCUT2D eigenvalue weighted by Crippen LogP contribution is 2.36. The highest BCUT2D eigenvalue weighted by molar-refractivity contribution is 6.06. The number of carbonyl (C=O) groups excluding carboxylic acids is 1. The minimum atomic E-state index is -0.691. The molecule has 0 radical (unpaired) electrons. The molecule has 0 bridgehead atoms. The molecule has 5 aromatic rings. The first kappa shape index (κ1) is 26.0. The van der Waals surface area contributed by atoms with Gasteiger partial charge in [-0.1, -0.05) is 97.1 Å². The van der Waals surface area contributed by atoms with Crippen LogP contribution in [0.5, 0.6) is 0 Å². The first-order chi connectivity index (χ1) is 21.0. The van der Waals surface area contributed by atoms with Crippen LogP contribution in [0.4, 0.5) is 0 Å². The van der Waals surface area contributed by atoms with Crippen LogP contribution in [0.15, 0.2) is 125 Å². The van der Waals surface area contributed by atoms with Crippen molar-refractivity contribution in [2.45, 2.75) is 6.54 Å². The molecule has 0 aromatic heterocycles. The van der Waals surface area contributed by atoms with Crippen molar-refractivity contribution in [3.8, 4) is 28.3 Å². The lowest BCUT2D eigenvalue weighted by Gasteiger charge is -2.21. The Morgan fingerprint density at radius 3 is 2.21 bits per heavy atom. The molecule has 2 heterocycles. The summed E-state index contributed by atoms with van der Waals surface area (Å²) in [6, 6.07) is 36.2. The third-order valence-electron chi connectivity index (χ3n) is 7.58. The molecule has 2 aliphatic rings. The average molecular weight is 565 g/mol. The zero-order valence-electron chi connectivity index (χ0n) is 23.1. The molecule has 2 aliphatic heterocycles. The minimum absolute atomic E-state index is 0.0337. The van der Waals surface area contributed by atoms with Crippen LogP contribution >= 0.6 is 0 Å². The molecule has 43 heavy (non-hydrogen) atoms. The van der Waals surface area contributed by atoms with Gasteiger partial charge in [-0.25, -0.2) is 14.6 Å². The zero-order chi connectivity index (χ0) is 29.5. The van der Waals surface area contributed by atoms with Gasteiger partial charge in [0, 0.05) is 5.39 Å². The van der Waals surface area contributed by atoms with Crippen LogP contribution in [0, 0.1) is 0 Å². The monoisotopic (exact) mass is 564 g/mol. The van der Waals surface area contributed by atoms with Gasteiger partial charge in [-0.05, 0) is 40.3 Å². The fourth-order valence-electron chi connectivity index (χ4n) is 5.61. The summed E-state index contributed by atoms with van der Waals surface area (Å²) in [7, 11) is 1.30. The van der Waals surface area contributed by atoms with Gasteiger partial charge in [0.1, 0.15) is 5.52 Å². The number of ether oxygens (including phenoxy) is 1. The topological polar surface area (TPSA) is 96.1 Å². The van der Waals surface area contributed by atoms with Crippen molar-refractivity contribution < 1.29 is 9.53 Å². The van der Waals surface area contributed by atoms with Crippen LogP contribution in [0.3, 0.4) is 0 Å². The lowest BCUT2D eigenvalue weighted by atomic mass is 9.96. The van der Waals surface area contributed by atoms with Gasteiger partial charge >= 0.3 is 11.7 Å². The third-order valence-corrected chi connectivity index (χ3v) is 7.58. The number of para-hydroxylation sites is 1. The van der Waals surface area contributed by atoms with Crippen LogP contribution < -0.4 is 11.2 Å². The molecule has 0 unspecified atom stereocenters. The second-order valence-corrected chi connectivity index (χ2v) is 10.1. The number of methoxy groups -OCH3 is 1. The molecule has 0 amide bonds. The molecular weight excluding hydrogens is 540 g/mol. The molecule has 8 heteroatoms. The number of rotatable bonds is 5. The first-order valence-electron chi connectivity index (χ1n) is 13.7. The van der Waals surface area contributed by atoms with E-state index < -0.39 is 17.2 Å².